The van der Waals surface area contributed by atoms with Gasteiger partial charge in [0.15, 0.2) is 5.11 Å². The highest BCUT2D eigenvalue weighted by molar-refractivity contribution is 7.80. The first-order chi connectivity index (χ1) is 9.22. The van der Waals surface area contributed by atoms with Crippen molar-refractivity contribution in [2.75, 3.05) is 26.3 Å². The standard InChI is InChI=1S/C14H21ClN2OS/c1-2-18-11-3-9-16-14(19)17-10-8-12-4-6-13(15)7-5-12/h4-7H,2-3,8-11H2,1H3,(H2,16,17,19). The molecular formula is C14H21ClN2OS. The maximum absolute atomic E-state index is 5.83. The molecule has 1 aromatic rings. The molecule has 0 amide bonds. The fourth-order valence-electron chi connectivity index (χ4n) is 1.55. The second-order valence-corrected chi connectivity index (χ2v) is 4.95. The van der Waals surface area contributed by atoms with E-state index >= 15 is 0 Å². The zero-order chi connectivity index (χ0) is 13.9. The molecule has 1 rings (SSSR count). The summed E-state index contributed by atoms with van der Waals surface area (Å²) in [5.41, 5.74) is 1.25. The fourth-order valence-corrected chi connectivity index (χ4v) is 1.88. The van der Waals surface area contributed by atoms with Crippen LogP contribution in [0.15, 0.2) is 24.3 Å². The Hall–Kier alpha value is -0.840. The van der Waals surface area contributed by atoms with Crippen molar-refractivity contribution in [2.45, 2.75) is 19.8 Å². The van der Waals surface area contributed by atoms with Crippen molar-refractivity contribution in [1.29, 1.82) is 0 Å². The summed E-state index contributed by atoms with van der Waals surface area (Å²) >= 11 is 11.0. The van der Waals surface area contributed by atoms with Gasteiger partial charge in [0.25, 0.3) is 0 Å². The largest absolute Gasteiger partial charge is 0.382 e. The van der Waals surface area contributed by atoms with Gasteiger partial charge in [0.05, 0.1) is 0 Å². The van der Waals surface area contributed by atoms with Gasteiger partial charge < -0.3 is 15.4 Å². The molecule has 0 radical (unpaired) electrons. The topological polar surface area (TPSA) is 33.3 Å². The van der Waals surface area contributed by atoms with Crippen molar-refractivity contribution < 1.29 is 4.74 Å². The highest BCUT2D eigenvalue weighted by atomic mass is 35.5. The molecule has 0 saturated heterocycles. The average molecular weight is 301 g/mol. The molecule has 0 atom stereocenters. The Bertz CT molecular complexity index is 370. The number of hydrogen-bond donors (Lipinski definition) is 2. The third-order valence-corrected chi connectivity index (χ3v) is 3.11. The van der Waals surface area contributed by atoms with Gasteiger partial charge in [-0.3, -0.25) is 0 Å². The van der Waals surface area contributed by atoms with Gasteiger partial charge in [-0.2, -0.15) is 0 Å². The molecule has 5 heteroatoms. The molecule has 0 saturated carbocycles. The number of ether oxygens (including phenoxy) is 1. The van der Waals surface area contributed by atoms with Crippen molar-refractivity contribution >= 4 is 28.9 Å². The van der Waals surface area contributed by atoms with Crippen LogP contribution in [0.4, 0.5) is 0 Å². The summed E-state index contributed by atoms with van der Waals surface area (Å²) in [7, 11) is 0. The summed E-state index contributed by atoms with van der Waals surface area (Å²) in [4.78, 5) is 0. The summed E-state index contributed by atoms with van der Waals surface area (Å²) in [6.07, 6.45) is 1.89. The van der Waals surface area contributed by atoms with E-state index in [4.69, 9.17) is 28.6 Å². The van der Waals surface area contributed by atoms with E-state index < -0.39 is 0 Å². The molecule has 1 aromatic carbocycles. The SMILES string of the molecule is CCOCCCNC(=S)NCCc1ccc(Cl)cc1. The van der Waals surface area contributed by atoms with Crippen LogP contribution in [0.2, 0.25) is 5.02 Å². The van der Waals surface area contributed by atoms with Gasteiger partial charge in [0.2, 0.25) is 0 Å². The molecule has 0 aliphatic rings. The summed E-state index contributed by atoms with van der Waals surface area (Å²) in [5, 5.41) is 7.81. The van der Waals surface area contributed by atoms with Crippen LogP contribution in [0, 0.1) is 0 Å². The lowest BCUT2D eigenvalue weighted by molar-refractivity contribution is 0.145. The van der Waals surface area contributed by atoms with Crippen LogP contribution in [0.25, 0.3) is 0 Å². The first-order valence-electron chi connectivity index (χ1n) is 6.56. The zero-order valence-electron chi connectivity index (χ0n) is 11.2. The lowest BCUT2D eigenvalue weighted by Crippen LogP contribution is -2.37. The molecule has 0 aromatic heterocycles. The molecule has 0 aliphatic carbocycles. The molecule has 0 aliphatic heterocycles. The molecule has 2 N–H and O–H groups in total. The number of nitrogens with one attached hydrogen (secondary N) is 2. The average Bonchev–Trinajstić information content (AvgIpc) is 2.41. The summed E-state index contributed by atoms with van der Waals surface area (Å²) < 4.78 is 5.25. The van der Waals surface area contributed by atoms with E-state index in [1.807, 2.05) is 31.2 Å². The van der Waals surface area contributed by atoms with Crippen LogP contribution in [0.1, 0.15) is 18.9 Å². The minimum Gasteiger partial charge on any atom is -0.382 e. The van der Waals surface area contributed by atoms with E-state index in [1.54, 1.807) is 0 Å². The predicted molar refractivity (Wildman–Crippen MR) is 84.9 cm³/mol. The fraction of sp³-hybridized carbons (Fsp3) is 0.500. The monoisotopic (exact) mass is 300 g/mol. The van der Waals surface area contributed by atoms with Crippen molar-refractivity contribution in [1.82, 2.24) is 10.6 Å². The minimum absolute atomic E-state index is 0.700. The van der Waals surface area contributed by atoms with Gasteiger partial charge in [-0.1, -0.05) is 23.7 Å². The summed E-state index contributed by atoms with van der Waals surface area (Å²) in [6, 6.07) is 7.87. The molecule has 0 bridgehead atoms. The zero-order valence-corrected chi connectivity index (χ0v) is 12.8. The highest BCUT2D eigenvalue weighted by Gasteiger charge is 1.96. The van der Waals surface area contributed by atoms with E-state index in [1.165, 1.54) is 5.56 Å². The van der Waals surface area contributed by atoms with Crippen LogP contribution in [0.5, 0.6) is 0 Å². The number of thiocarbonyl (C=S) groups is 1. The first kappa shape index (κ1) is 16.2. The van der Waals surface area contributed by atoms with E-state index in [2.05, 4.69) is 10.6 Å². The van der Waals surface area contributed by atoms with Crippen molar-refractivity contribution in [2.24, 2.45) is 0 Å². The lowest BCUT2D eigenvalue weighted by atomic mass is 10.1. The Morgan fingerprint density at radius 3 is 2.58 bits per heavy atom. The van der Waals surface area contributed by atoms with E-state index in [0.717, 1.165) is 44.2 Å². The normalized spacial score (nSPS) is 10.2. The van der Waals surface area contributed by atoms with Gasteiger partial charge >= 0.3 is 0 Å². The molecule has 106 valence electrons. The van der Waals surface area contributed by atoms with Crippen LogP contribution in [0.3, 0.4) is 0 Å². The maximum Gasteiger partial charge on any atom is 0.166 e. The van der Waals surface area contributed by atoms with Crippen molar-refractivity contribution in [3.8, 4) is 0 Å². The van der Waals surface area contributed by atoms with E-state index in [0.29, 0.717) is 5.11 Å². The van der Waals surface area contributed by atoms with Gasteiger partial charge in [0.1, 0.15) is 0 Å². The second-order valence-electron chi connectivity index (χ2n) is 4.11. The van der Waals surface area contributed by atoms with Crippen molar-refractivity contribution in [3.63, 3.8) is 0 Å². The Kier molecular flexibility index (Phi) is 8.54. The predicted octanol–water partition coefficient (Wildman–Crippen LogP) is 2.77. The highest BCUT2D eigenvalue weighted by Crippen LogP contribution is 2.09. The number of rotatable bonds is 8. The van der Waals surface area contributed by atoms with Crippen LogP contribution in [-0.4, -0.2) is 31.4 Å². The lowest BCUT2D eigenvalue weighted by Gasteiger charge is -2.10. The van der Waals surface area contributed by atoms with Gasteiger partial charge in [-0.05, 0) is 49.7 Å². The van der Waals surface area contributed by atoms with E-state index in [9.17, 15) is 0 Å². The van der Waals surface area contributed by atoms with Crippen molar-refractivity contribution in [3.05, 3.63) is 34.9 Å². The Morgan fingerprint density at radius 2 is 1.89 bits per heavy atom. The smallest absolute Gasteiger partial charge is 0.166 e. The third kappa shape index (κ3) is 8.03. The second kappa shape index (κ2) is 10.0. The molecule has 19 heavy (non-hydrogen) atoms. The summed E-state index contributed by atoms with van der Waals surface area (Å²) in [5.74, 6) is 0. The molecular weight excluding hydrogens is 280 g/mol. The molecule has 3 nitrogen and oxygen atoms in total. The Labute approximate surface area is 125 Å². The number of halogens is 1. The summed E-state index contributed by atoms with van der Waals surface area (Å²) in [6.45, 7) is 5.20. The van der Waals surface area contributed by atoms with Crippen LogP contribution >= 0.6 is 23.8 Å². The molecule has 0 spiro atoms. The molecule has 0 unspecified atom stereocenters. The first-order valence-corrected chi connectivity index (χ1v) is 7.35. The molecule has 0 heterocycles. The molecule has 0 fully saturated rings. The van der Waals surface area contributed by atoms with Crippen LogP contribution < -0.4 is 10.6 Å². The number of hydrogen-bond acceptors (Lipinski definition) is 2. The quantitative estimate of drug-likeness (QED) is 0.571. The van der Waals surface area contributed by atoms with Gasteiger partial charge in [-0.25, -0.2) is 0 Å². The van der Waals surface area contributed by atoms with Gasteiger partial charge in [-0.15, -0.1) is 0 Å². The van der Waals surface area contributed by atoms with E-state index in [-0.39, 0.29) is 0 Å². The van der Waals surface area contributed by atoms with Gasteiger partial charge in [0, 0.05) is 31.3 Å². The van der Waals surface area contributed by atoms with Crippen LogP contribution in [-0.2, 0) is 11.2 Å². The maximum atomic E-state index is 5.83. The minimum atomic E-state index is 0.700. The Morgan fingerprint density at radius 1 is 1.21 bits per heavy atom. The Balaban J connectivity index is 2.05. The third-order valence-electron chi connectivity index (χ3n) is 2.57. The number of benzene rings is 1.